The lowest BCUT2D eigenvalue weighted by Crippen LogP contribution is -2.27. The van der Waals surface area contributed by atoms with Crippen LogP contribution in [0.4, 0.5) is 11.4 Å². The first-order valence-corrected chi connectivity index (χ1v) is 7.47. The monoisotopic (exact) mass is 325 g/mol. The molecule has 1 amide bonds. The van der Waals surface area contributed by atoms with Crippen LogP contribution in [-0.2, 0) is 20.6 Å². The third-order valence-electron chi connectivity index (χ3n) is 3.63. The summed E-state index contributed by atoms with van der Waals surface area (Å²) in [6, 6.07) is 7.38. The minimum Gasteiger partial charge on any atom is -0.353 e. The number of hydrogen-bond donors (Lipinski definition) is 1. The number of nitrogens with zero attached hydrogens (tertiary/aromatic N) is 6. The van der Waals surface area contributed by atoms with Crippen LogP contribution in [0.5, 0.6) is 0 Å². The molecule has 3 aromatic rings. The molecule has 0 bridgehead atoms. The molecule has 0 aliphatic carbocycles. The van der Waals surface area contributed by atoms with Crippen LogP contribution in [0.2, 0.25) is 0 Å². The van der Waals surface area contributed by atoms with E-state index in [-0.39, 0.29) is 5.91 Å². The zero-order valence-electron chi connectivity index (χ0n) is 13.8. The van der Waals surface area contributed by atoms with Crippen molar-refractivity contribution in [3.63, 3.8) is 0 Å². The van der Waals surface area contributed by atoms with Crippen molar-refractivity contribution in [2.24, 2.45) is 14.1 Å². The lowest BCUT2D eigenvalue weighted by molar-refractivity contribution is 0.0780. The molecule has 8 heteroatoms. The average Bonchev–Trinajstić information content (AvgIpc) is 3.15. The molecular formula is C16H19N7O. The van der Waals surface area contributed by atoms with E-state index in [1.165, 1.54) is 0 Å². The van der Waals surface area contributed by atoms with Crippen molar-refractivity contribution >= 4 is 17.3 Å². The molecule has 0 atom stereocenters. The number of benzene rings is 1. The summed E-state index contributed by atoms with van der Waals surface area (Å²) in [4.78, 5) is 14.2. The van der Waals surface area contributed by atoms with Gasteiger partial charge < -0.3 is 14.8 Å². The van der Waals surface area contributed by atoms with Gasteiger partial charge in [0, 0.05) is 38.6 Å². The summed E-state index contributed by atoms with van der Waals surface area (Å²) in [6.07, 6.45) is 5.22. The van der Waals surface area contributed by atoms with Gasteiger partial charge in [0.25, 0.3) is 5.91 Å². The van der Waals surface area contributed by atoms with Crippen molar-refractivity contribution in [3.05, 3.63) is 54.4 Å². The molecule has 0 saturated heterocycles. The van der Waals surface area contributed by atoms with E-state index in [1.54, 1.807) is 39.8 Å². The predicted molar refractivity (Wildman–Crippen MR) is 89.7 cm³/mol. The Morgan fingerprint density at radius 3 is 2.79 bits per heavy atom. The van der Waals surface area contributed by atoms with Crippen LogP contribution in [-0.4, -0.2) is 42.4 Å². The van der Waals surface area contributed by atoms with Gasteiger partial charge in [-0.05, 0) is 18.2 Å². The minimum absolute atomic E-state index is 0.0761. The lowest BCUT2D eigenvalue weighted by Gasteiger charge is -2.17. The number of anilines is 2. The highest BCUT2D eigenvalue weighted by Gasteiger charge is 2.14. The van der Waals surface area contributed by atoms with Gasteiger partial charge in [-0.1, -0.05) is 6.07 Å². The molecule has 0 saturated carbocycles. The minimum atomic E-state index is -0.0761. The number of aromatic nitrogens is 5. The second kappa shape index (κ2) is 6.53. The highest BCUT2D eigenvalue weighted by Crippen LogP contribution is 2.18. The second-order valence-electron chi connectivity index (χ2n) is 5.63. The maximum atomic E-state index is 12.6. The molecule has 24 heavy (non-hydrogen) atoms. The molecule has 0 fully saturated rings. The smallest absolute Gasteiger partial charge is 0.254 e. The standard InChI is InChI=1S/C16H19N7O/c1-21(10-15-20-17-11-22(15)2)16(24)12-5-4-6-13(7-12)19-14-8-18-23(3)9-14/h4-9,11,19H,10H2,1-3H3. The maximum Gasteiger partial charge on any atom is 0.254 e. The third-order valence-corrected chi connectivity index (χ3v) is 3.63. The van der Waals surface area contributed by atoms with Gasteiger partial charge in [-0.25, -0.2) is 0 Å². The summed E-state index contributed by atoms with van der Waals surface area (Å²) in [6.45, 7) is 0.398. The molecule has 0 aliphatic heterocycles. The molecule has 1 aromatic carbocycles. The predicted octanol–water partition coefficient (Wildman–Crippen LogP) is 1.56. The van der Waals surface area contributed by atoms with Gasteiger partial charge in [0.15, 0.2) is 5.82 Å². The topological polar surface area (TPSA) is 80.9 Å². The van der Waals surface area contributed by atoms with Crippen LogP contribution < -0.4 is 5.32 Å². The normalized spacial score (nSPS) is 10.6. The van der Waals surface area contributed by atoms with Gasteiger partial charge >= 0.3 is 0 Å². The number of rotatable bonds is 5. The Morgan fingerprint density at radius 1 is 1.29 bits per heavy atom. The van der Waals surface area contributed by atoms with Gasteiger partial charge in [0.1, 0.15) is 6.33 Å². The summed E-state index contributed by atoms with van der Waals surface area (Å²) < 4.78 is 3.51. The van der Waals surface area contributed by atoms with Crippen LogP contribution in [0.3, 0.4) is 0 Å². The summed E-state index contributed by atoms with van der Waals surface area (Å²) in [7, 11) is 5.46. The summed E-state index contributed by atoms with van der Waals surface area (Å²) in [5, 5.41) is 15.2. The fraction of sp³-hybridized carbons (Fsp3) is 0.250. The van der Waals surface area contributed by atoms with Gasteiger partial charge in [-0.3, -0.25) is 9.48 Å². The maximum absolute atomic E-state index is 12.6. The van der Waals surface area contributed by atoms with Crippen molar-refractivity contribution in [2.45, 2.75) is 6.54 Å². The fourth-order valence-electron chi connectivity index (χ4n) is 2.34. The van der Waals surface area contributed by atoms with Gasteiger partial charge in [-0.15, -0.1) is 10.2 Å². The Labute approximate surface area is 139 Å². The van der Waals surface area contributed by atoms with Crippen LogP contribution in [0.15, 0.2) is 43.0 Å². The van der Waals surface area contributed by atoms with Gasteiger partial charge in [0.2, 0.25) is 0 Å². The zero-order chi connectivity index (χ0) is 17.1. The van der Waals surface area contributed by atoms with Gasteiger partial charge in [0.05, 0.1) is 18.4 Å². The molecule has 0 radical (unpaired) electrons. The van der Waals surface area contributed by atoms with E-state index in [2.05, 4.69) is 20.6 Å². The van der Waals surface area contributed by atoms with E-state index >= 15 is 0 Å². The second-order valence-corrected chi connectivity index (χ2v) is 5.63. The Morgan fingerprint density at radius 2 is 2.12 bits per heavy atom. The van der Waals surface area contributed by atoms with Crippen molar-refractivity contribution in [1.29, 1.82) is 0 Å². The van der Waals surface area contributed by atoms with E-state index in [4.69, 9.17) is 0 Å². The molecule has 124 valence electrons. The quantitative estimate of drug-likeness (QED) is 0.770. The number of carbonyl (C=O) groups excluding carboxylic acids is 1. The molecule has 2 aromatic heterocycles. The first-order valence-electron chi connectivity index (χ1n) is 7.47. The van der Waals surface area contributed by atoms with Crippen LogP contribution in [0, 0.1) is 0 Å². The number of hydrogen-bond acceptors (Lipinski definition) is 5. The first-order chi connectivity index (χ1) is 11.5. The van der Waals surface area contributed by atoms with E-state index in [0.717, 1.165) is 17.2 Å². The highest BCUT2D eigenvalue weighted by molar-refractivity contribution is 5.95. The number of carbonyl (C=O) groups is 1. The molecule has 3 rings (SSSR count). The Hall–Kier alpha value is -3.16. The van der Waals surface area contributed by atoms with E-state index in [1.807, 2.05) is 38.5 Å². The molecule has 1 N–H and O–H groups in total. The molecule has 8 nitrogen and oxygen atoms in total. The van der Waals surface area contributed by atoms with Gasteiger partial charge in [-0.2, -0.15) is 5.10 Å². The number of amides is 1. The fourth-order valence-corrected chi connectivity index (χ4v) is 2.34. The van der Waals surface area contributed by atoms with Crippen molar-refractivity contribution in [2.75, 3.05) is 12.4 Å². The third kappa shape index (κ3) is 3.43. The average molecular weight is 325 g/mol. The summed E-state index contributed by atoms with van der Waals surface area (Å²) in [5.74, 6) is 0.656. The van der Waals surface area contributed by atoms with Crippen molar-refractivity contribution < 1.29 is 4.79 Å². The van der Waals surface area contributed by atoms with Crippen molar-refractivity contribution in [3.8, 4) is 0 Å². The SMILES string of the molecule is CN(Cc1nncn1C)C(=O)c1cccc(Nc2cnn(C)c2)c1. The Kier molecular flexibility index (Phi) is 4.28. The molecule has 0 unspecified atom stereocenters. The highest BCUT2D eigenvalue weighted by atomic mass is 16.2. The lowest BCUT2D eigenvalue weighted by atomic mass is 10.1. The van der Waals surface area contributed by atoms with E-state index < -0.39 is 0 Å². The number of nitrogens with one attached hydrogen (secondary N) is 1. The van der Waals surface area contributed by atoms with Crippen LogP contribution >= 0.6 is 0 Å². The first kappa shape index (κ1) is 15.7. The largest absolute Gasteiger partial charge is 0.353 e. The molecular weight excluding hydrogens is 306 g/mol. The van der Waals surface area contributed by atoms with Crippen LogP contribution in [0.1, 0.15) is 16.2 Å². The Balaban J connectivity index is 1.72. The van der Waals surface area contributed by atoms with Crippen LogP contribution in [0.25, 0.3) is 0 Å². The summed E-state index contributed by atoms with van der Waals surface area (Å²) in [5.41, 5.74) is 2.31. The molecule has 2 heterocycles. The molecule has 0 aliphatic rings. The van der Waals surface area contributed by atoms with E-state index in [9.17, 15) is 4.79 Å². The zero-order valence-corrected chi connectivity index (χ0v) is 13.8. The Bertz CT molecular complexity index is 851. The number of aryl methyl sites for hydroxylation is 2. The van der Waals surface area contributed by atoms with Crippen molar-refractivity contribution in [1.82, 2.24) is 29.4 Å². The van der Waals surface area contributed by atoms with E-state index in [0.29, 0.717) is 12.1 Å². The molecule has 0 spiro atoms. The summed E-state index contributed by atoms with van der Waals surface area (Å²) >= 11 is 0.